The predicted molar refractivity (Wildman–Crippen MR) is 140 cm³/mol. The van der Waals surface area contributed by atoms with Crippen molar-refractivity contribution < 1.29 is 19.0 Å². The van der Waals surface area contributed by atoms with Gasteiger partial charge >= 0.3 is 0 Å². The maximum Gasteiger partial charge on any atom is 0.255 e. The topological polar surface area (TPSA) is 101 Å². The fraction of sp³-hybridized carbons (Fsp3) is 0.586. The predicted octanol–water partition coefficient (Wildman–Crippen LogP) is 3.45. The third kappa shape index (κ3) is 4.64. The molecule has 2 aliphatic heterocycles. The third-order valence-corrected chi connectivity index (χ3v) is 9.40. The molecule has 0 spiro atoms. The molecule has 1 amide bonds. The number of nitrogen functional groups attached to an aromatic ring is 1. The van der Waals surface area contributed by atoms with Crippen LogP contribution in [-0.2, 0) is 10.2 Å². The van der Waals surface area contributed by atoms with Gasteiger partial charge in [-0.2, -0.15) is 0 Å². The van der Waals surface area contributed by atoms with E-state index >= 15 is 0 Å². The monoisotopic (exact) mass is 508 g/mol. The molecular weight excluding hydrogens is 471 g/mol. The van der Waals surface area contributed by atoms with Gasteiger partial charge in [0.25, 0.3) is 5.91 Å². The molecule has 198 valence electrons. The molecule has 4 fully saturated rings. The summed E-state index contributed by atoms with van der Waals surface area (Å²) in [7, 11) is 0. The average molecular weight is 509 g/mol. The molecule has 37 heavy (non-hydrogen) atoms. The maximum absolute atomic E-state index is 13.9. The van der Waals surface area contributed by atoms with Crippen molar-refractivity contribution in [3.8, 4) is 11.1 Å². The molecule has 2 saturated carbocycles. The number of carbonyl (C=O) groups is 1. The van der Waals surface area contributed by atoms with Crippen molar-refractivity contribution in [2.45, 2.75) is 74.7 Å². The lowest BCUT2D eigenvalue weighted by atomic mass is 9.58. The first-order valence-corrected chi connectivity index (χ1v) is 13.7. The lowest BCUT2D eigenvalue weighted by molar-refractivity contribution is 0.0319. The van der Waals surface area contributed by atoms with Crippen LogP contribution in [0.5, 0.6) is 0 Å². The van der Waals surface area contributed by atoms with Crippen LogP contribution in [0.1, 0.15) is 60.9 Å². The summed E-state index contributed by atoms with van der Waals surface area (Å²) < 4.78 is 19.5. The molecule has 0 radical (unpaired) electrons. The van der Waals surface area contributed by atoms with Gasteiger partial charge in [0.1, 0.15) is 12.0 Å². The van der Waals surface area contributed by atoms with Gasteiger partial charge in [-0.1, -0.05) is 24.3 Å². The van der Waals surface area contributed by atoms with Gasteiger partial charge in [0.05, 0.1) is 11.7 Å². The van der Waals surface area contributed by atoms with E-state index in [1.807, 2.05) is 0 Å². The van der Waals surface area contributed by atoms with Crippen molar-refractivity contribution in [3.05, 3.63) is 47.7 Å². The molecule has 4 aliphatic rings. The van der Waals surface area contributed by atoms with Crippen LogP contribution >= 0.6 is 0 Å². The number of rotatable bonds is 5. The number of likely N-dealkylation sites (tertiary alicyclic amines) is 1. The first-order chi connectivity index (χ1) is 17.9. The highest BCUT2D eigenvalue weighted by molar-refractivity contribution is 5.99. The summed E-state index contributed by atoms with van der Waals surface area (Å²) >= 11 is 0. The van der Waals surface area contributed by atoms with Gasteiger partial charge in [-0.25, -0.2) is 9.37 Å². The van der Waals surface area contributed by atoms with Crippen LogP contribution in [0.3, 0.4) is 0 Å². The SMILES string of the molecule is Nc1ncc(-c2ccc([C@@]34CC[C@@H]3CN(C3CCOCC3)C4)cc2)cc1C(=O)N[C@@H]1CC[C@@H](O)[C@@H](F)C1. The second-order valence-electron chi connectivity index (χ2n) is 11.5. The van der Waals surface area contributed by atoms with Crippen LogP contribution in [-0.4, -0.2) is 71.6 Å². The number of pyridine rings is 1. The number of nitrogens with two attached hydrogens (primary N) is 1. The number of aliphatic hydroxyl groups is 1. The number of fused-ring (bicyclic) bond motifs is 1. The number of benzene rings is 1. The highest BCUT2D eigenvalue weighted by Crippen LogP contribution is 2.54. The minimum absolute atomic E-state index is 0.107. The molecule has 1 aromatic heterocycles. The van der Waals surface area contributed by atoms with Crippen LogP contribution in [0, 0.1) is 5.92 Å². The number of ether oxygens (including phenoxy) is 1. The standard InChI is InChI=1S/C29H37FN4O3/c30-25-14-22(5-6-26(25)35)33-28(36)24-13-19(15-32-27(24)31)18-1-3-20(4-2-18)29-10-7-21(29)16-34(17-29)23-8-11-37-12-9-23/h1-4,13,15,21-23,25-26,35H,5-12,14,16-17H2,(H2,31,32)(H,33,36)/t21-,22-,25+,26-,29+/m1/s1. The third-order valence-electron chi connectivity index (χ3n) is 9.40. The number of hydrogen-bond acceptors (Lipinski definition) is 6. The number of nitrogens with one attached hydrogen (secondary N) is 1. The molecule has 5 atom stereocenters. The van der Waals surface area contributed by atoms with E-state index in [0.717, 1.165) is 49.6 Å². The molecule has 2 saturated heterocycles. The largest absolute Gasteiger partial charge is 0.390 e. The van der Waals surface area contributed by atoms with Crippen molar-refractivity contribution in [1.29, 1.82) is 0 Å². The van der Waals surface area contributed by atoms with Crippen molar-refractivity contribution in [2.75, 3.05) is 32.0 Å². The van der Waals surface area contributed by atoms with Crippen LogP contribution in [0.2, 0.25) is 0 Å². The van der Waals surface area contributed by atoms with Gasteiger partial charge in [0, 0.05) is 62.0 Å². The summed E-state index contributed by atoms with van der Waals surface area (Å²) in [6, 6.07) is 10.8. The van der Waals surface area contributed by atoms with Gasteiger partial charge in [-0.3, -0.25) is 9.69 Å². The summed E-state index contributed by atoms with van der Waals surface area (Å²) in [5, 5.41) is 12.5. The van der Waals surface area contributed by atoms with Crippen molar-refractivity contribution in [1.82, 2.24) is 15.2 Å². The van der Waals surface area contributed by atoms with Crippen LogP contribution in [0.15, 0.2) is 36.5 Å². The Hall–Kier alpha value is -2.55. The number of hydrogen-bond donors (Lipinski definition) is 3. The van der Waals surface area contributed by atoms with E-state index in [2.05, 4.69) is 39.5 Å². The van der Waals surface area contributed by atoms with E-state index < -0.39 is 12.3 Å². The fourth-order valence-electron chi connectivity index (χ4n) is 6.98. The quantitative estimate of drug-likeness (QED) is 0.572. The molecule has 8 heteroatoms. The van der Waals surface area contributed by atoms with Gasteiger partial charge in [0.2, 0.25) is 0 Å². The highest BCUT2D eigenvalue weighted by Gasteiger charge is 2.54. The molecule has 6 rings (SSSR count). The van der Waals surface area contributed by atoms with Crippen LogP contribution < -0.4 is 11.1 Å². The second kappa shape index (κ2) is 9.97. The molecule has 3 heterocycles. The molecule has 4 N–H and O–H groups in total. The van der Waals surface area contributed by atoms with Gasteiger partial charge in [-0.05, 0) is 61.6 Å². The molecular formula is C29H37FN4O3. The zero-order valence-electron chi connectivity index (χ0n) is 21.2. The Kier molecular flexibility index (Phi) is 6.67. The molecule has 2 aromatic rings. The molecule has 0 bridgehead atoms. The summed E-state index contributed by atoms with van der Waals surface area (Å²) in [5.41, 5.74) is 9.81. The summed E-state index contributed by atoms with van der Waals surface area (Å²) in [6.45, 7) is 4.08. The second-order valence-corrected chi connectivity index (χ2v) is 11.5. The Morgan fingerprint density at radius 3 is 2.62 bits per heavy atom. The normalized spacial score (nSPS) is 32.5. The van der Waals surface area contributed by atoms with E-state index in [-0.39, 0.29) is 29.6 Å². The number of nitrogens with zero attached hydrogens (tertiary/aromatic N) is 2. The van der Waals surface area contributed by atoms with E-state index in [1.165, 1.54) is 24.9 Å². The number of anilines is 1. The first kappa shape index (κ1) is 24.8. The summed E-state index contributed by atoms with van der Waals surface area (Å²) in [5.74, 6) is 0.521. The van der Waals surface area contributed by atoms with Crippen molar-refractivity contribution in [3.63, 3.8) is 0 Å². The number of aromatic nitrogens is 1. The first-order valence-electron chi connectivity index (χ1n) is 13.7. The number of amides is 1. The van der Waals surface area contributed by atoms with Crippen LogP contribution in [0.4, 0.5) is 10.2 Å². The Morgan fingerprint density at radius 1 is 1.14 bits per heavy atom. The Bertz CT molecular complexity index is 1140. The number of halogens is 1. The number of aliphatic hydroxyl groups excluding tert-OH is 1. The minimum Gasteiger partial charge on any atom is -0.390 e. The highest BCUT2D eigenvalue weighted by atomic mass is 19.1. The number of carbonyl (C=O) groups excluding carboxylic acids is 1. The van der Waals surface area contributed by atoms with Crippen molar-refractivity contribution in [2.24, 2.45) is 5.92 Å². The van der Waals surface area contributed by atoms with E-state index in [9.17, 15) is 14.3 Å². The van der Waals surface area contributed by atoms with E-state index in [4.69, 9.17) is 10.5 Å². The number of alkyl halides is 1. The Morgan fingerprint density at radius 2 is 1.92 bits per heavy atom. The summed E-state index contributed by atoms with van der Waals surface area (Å²) in [4.78, 5) is 19.9. The Balaban J connectivity index is 1.16. The van der Waals surface area contributed by atoms with Crippen molar-refractivity contribution >= 4 is 11.7 Å². The minimum atomic E-state index is -1.32. The van der Waals surface area contributed by atoms with Gasteiger partial charge in [0.15, 0.2) is 0 Å². The fourth-order valence-corrected chi connectivity index (χ4v) is 6.98. The van der Waals surface area contributed by atoms with E-state index in [1.54, 1.807) is 12.3 Å². The zero-order chi connectivity index (χ0) is 25.6. The molecule has 2 aliphatic carbocycles. The Labute approximate surface area is 217 Å². The van der Waals surface area contributed by atoms with Crippen LogP contribution in [0.25, 0.3) is 11.1 Å². The summed E-state index contributed by atoms with van der Waals surface area (Å²) in [6.07, 6.45) is 5.22. The molecule has 1 aromatic carbocycles. The maximum atomic E-state index is 13.9. The molecule has 0 unspecified atom stereocenters. The lowest BCUT2D eigenvalue weighted by Gasteiger charge is -2.45. The van der Waals surface area contributed by atoms with Gasteiger partial charge < -0.3 is 20.9 Å². The molecule has 7 nitrogen and oxygen atoms in total. The average Bonchev–Trinajstić information content (AvgIpc) is 3.17. The lowest BCUT2D eigenvalue weighted by Crippen LogP contribution is -2.44. The smallest absolute Gasteiger partial charge is 0.255 e. The van der Waals surface area contributed by atoms with E-state index in [0.29, 0.717) is 24.4 Å². The van der Waals surface area contributed by atoms with Gasteiger partial charge in [-0.15, -0.1) is 0 Å². The zero-order valence-corrected chi connectivity index (χ0v) is 21.2.